The number of H-pyrrole nitrogens is 1. The zero-order chi connectivity index (χ0) is 15.7. The third-order valence-electron chi connectivity index (χ3n) is 3.35. The summed E-state index contributed by atoms with van der Waals surface area (Å²) in [6.45, 7) is 0. The van der Waals surface area contributed by atoms with Crippen LogP contribution < -0.4 is 10.3 Å². The Labute approximate surface area is 125 Å². The minimum Gasteiger partial charge on any atom is -0.497 e. The summed E-state index contributed by atoms with van der Waals surface area (Å²) in [5, 5.41) is 9.67. The third kappa shape index (κ3) is 2.31. The van der Waals surface area contributed by atoms with E-state index in [1.807, 2.05) is 12.1 Å². The number of nitrogens with zero attached hydrogens (tertiary/aromatic N) is 1. The molecule has 0 aliphatic carbocycles. The molecule has 0 radical (unpaired) electrons. The molecule has 0 fully saturated rings. The molecule has 0 aliphatic rings. The molecule has 0 saturated carbocycles. The molecule has 3 aromatic rings. The minimum absolute atomic E-state index is 0.315. The molecule has 110 valence electrons. The number of hydrogen-bond donors (Lipinski definition) is 2. The Bertz CT molecular complexity index is 931. The lowest BCUT2D eigenvalue weighted by Gasteiger charge is -2.08. The van der Waals surface area contributed by atoms with Crippen LogP contribution in [0.15, 0.2) is 47.4 Å². The topological polar surface area (TPSA) is 92.3 Å². The van der Waals surface area contributed by atoms with E-state index in [0.29, 0.717) is 22.3 Å². The van der Waals surface area contributed by atoms with E-state index in [-0.39, 0.29) is 5.56 Å². The average Bonchev–Trinajstić information content (AvgIpc) is 2.53. The number of ether oxygens (including phenoxy) is 1. The van der Waals surface area contributed by atoms with E-state index < -0.39 is 11.5 Å². The highest BCUT2D eigenvalue weighted by molar-refractivity contribution is 5.97. The average molecular weight is 296 g/mol. The van der Waals surface area contributed by atoms with Gasteiger partial charge in [-0.05, 0) is 24.3 Å². The van der Waals surface area contributed by atoms with Crippen molar-refractivity contribution in [2.45, 2.75) is 0 Å². The van der Waals surface area contributed by atoms with E-state index in [2.05, 4.69) is 9.97 Å². The summed E-state index contributed by atoms with van der Waals surface area (Å²) in [5.41, 5.74) is 0.929. The lowest BCUT2D eigenvalue weighted by atomic mass is 10.0. The molecule has 22 heavy (non-hydrogen) atoms. The maximum Gasteiger partial charge on any atom is 0.341 e. The van der Waals surface area contributed by atoms with Crippen molar-refractivity contribution in [2.24, 2.45) is 0 Å². The molecule has 0 spiro atoms. The molecule has 6 nitrogen and oxygen atoms in total. The summed E-state index contributed by atoms with van der Waals surface area (Å²) in [7, 11) is 1.57. The van der Waals surface area contributed by atoms with Crippen LogP contribution in [0, 0.1) is 0 Å². The van der Waals surface area contributed by atoms with Crippen molar-refractivity contribution in [2.75, 3.05) is 7.11 Å². The first-order chi connectivity index (χ1) is 10.6. The predicted octanol–water partition coefficient (Wildman–Crippen LogP) is 2.30. The maximum atomic E-state index is 11.7. The number of aromatic nitrogens is 2. The number of benzene rings is 1. The molecular weight excluding hydrogens is 284 g/mol. The minimum atomic E-state index is -1.27. The first kappa shape index (κ1) is 13.8. The van der Waals surface area contributed by atoms with Gasteiger partial charge in [-0.1, -0.05) is 12.1 Å². The Morgan fingerprint density at radius 2 is 2.09 bits per heavy atom. The lowest BCUT2D eigenvalue weighted by molar-refractivity contribution is 0.0695. The van der Waals surface area contributed by atoms with Crippen LogP contribution in [0.25, 0.3) is 22.2 Å². The predicted molar refractivity (Wildman–Crippen MR) is 81.3 cm³/mol. The van der Waals surface area contributed by atoms with Gasteiger partial charge in [-0.25, -0.2) is 4.79 Å². The second-order valence-corrected chi connectivity index (χ2v) is 4.67. The summed E-state index contributed by atoms with van der Waals surface area (Å²) >= 11 is 0. The molecule has 0 saturated heterocycles. The summed E-state index contributed by atoms with van der Waals surface area (Å²) in [6.07, 6.45) is 1.56. The molecule has 1 aromatic carbocycles. The van der Waals surface area contributed by atoms with Gasteiger partial charge in [0, 0.05) is 17.1 Å². The summed E-state index contributed by atoms with van der Waals surface area (Å²) in [5.74, 6) is -0.609. The van der Waals surface area contributed by atoms with E-state index in [1.165, 1.54) is 6.07 Å². The second-order valence-electron chi connectivity index (χ2n) is 4.67. The molecule has 3 rings (SSSR count). The van der Waals surface area contributed by atoms with Crippen molar-refractivity contribution in [3.63, 3.8) is 0 Å². The fourth-order valence-electron chi connectivity index (χ4n) is 2.29. The Morgan fingerprint density at radius 3 is 2.82 bits per heavy atom. The van der Waals surface area contributed by atoms with Crippen LogP contribution in [-0.2, 0) is 0 Å². The van der Waals surface area contributed by atoms with Crippen molar-refractivity contribution < 1.29 is 14.6 Å². The first-order valence-corrected chi connectivity index (χ1v) is 6.50. The summed E-state index contributed by atoms with van der Waals surface area (Å²) in [4.78, 5) is 29.8. The number of nitrogens with one attached hydrogen (secondary N) is 1. The van der Waals surface area contributed by atoms with Gasteiger partial charge in [0.15, 0.2) is 0 Å². The molecule has 6 heteroatoms. The van der Waals surface area contributed by atoms with E-state index in [4.69, 9.17) is 9.84 Å². The normalized spacial score (nSPS) is 10.6. The molecule has 0 bridgehead atoms. The van der Waals surface area contributed by atoms with Gasteiger partial charge in [0.25, 0.3) is 5.56 Å². The molecule has 0 atom stereocenters. The number of pyridine rings is 2. The molecule has 0 amide bonds. The summed E-state index contributed by atoms with van der Waals surface area (Å²) in [6, 6.07) is 10.2. The molecule has 2 heterocycles. The first-order valence-electron chi connectivity index (χ1n) is 6.50. The van der Waals surface area contributed by atoms with Crippen LogP contribution in [0.5, 0.6) is 5.75 Å². The van der Waals surface area contributed by atoms with E-state index >= 15 is 0 Å². The SMILES string of the molecule is COc1cccc(-c2nccc3[nH]c(=O)c(C(=O)O)cc23)c1. The lowest BCUT2D eigenvalue weighted by Crippen LogP contribution is -2.17. The maximum absolute atomic E-state index is 11.7. The largest absolute Gasteiger partial charge is 0.497 e. The number of hydrogen-bond acceptors (Lipinski definition) is 4. The summed E-state index contributed by atoms with van der Waals surface area (Å²) < 4.78 is 5.19. The fraction of sp³-hybridized carbons (Fsp3) is 0.0625. The van der Waals surface area contributed by atoms with Crippen molar-refractivity contribution >= 4 is 16.9 Å². The second kappa shape index (κ2) is 5.33. The number of methoxy groups -OCH3 is 1. The number of aromatic carboxylic acids is 1. The van der Waals surface area contributed by atoms with Gasteiger partial charge in [-0.2, -0.15) is 0 Å². The zero-order valence-electron chi connectivity index (χ0n) is 11.7. The Kier molecular flexibility index (Phi) is 3.34. The number of aromatic amines is 1. The van der Waals surface area contributed by atoms with Gasteiger partial charge in [-0.3, -0.25) is 9.78 Å². The van der Waals surface area contributed by atoms with Crippen molar-refractivity contribution in [3.05, 3.63) is 58.5 Å². The highest BCUT2D eigenvalue weighted by Crippen LogP contribution is 2.27. The van der Waals surface area contributed by atoms with Gasteiger partial charge in [0.2, 0.25) is 0 Å². The quantitative estimate of drug-likeness (QED) is 0.773. The highest BCUT2D eigenvalue weighted by Gasteiger charge is 2.13. The fourth-order valence-corrected chi connectivity index (χ4v) is 2.29. The van der Waals surface area contributed by atoms with Crippen molar-refractivity contribution in [1.82, 2.24) is 9.97 Å². The van der Waals surface area contributed by atoms with Gasteiger partial charge in [0.1, 0.15) is 11.3 Å². The number of carboxylic acids is 1. The van der Waals surface area contributed by atoms with Crippen LogP contribution >= 0.6 is 0 Å². The van der Waals surface area contributed by atoms with Crippen LogP contribution in [0.2, 0.25) is 0 Å². The monoisotopic (exact) mass is 296 g/mol. The van der Waals surface area contributed by atoms with Gasteiger partial charge in [-0.15, -0.1) is 0 Å². The Balaban J connectivity index is 2.31. The number of fused-ring (bicyclic) bond motifs is 1. The van der Waals surface area contributed by atoms with Crippen LogP contribution in [-0.4, -0.2) is 28.2 Å². The standard InChI is InChI=1S/C16H12N2O4/c1-22-10-4-2-3-9(7-10)14-11-8-12(16(20)21)15(19)18-13(11)5-6-17-14/h2-8H,1H3,(H,18,19)(H,20,21). The van der Waals surface area contributed by atoms with Crippen LogP contribution in [0.1, 0.15) is 10.4 Å². The van der Waals surface area contributed by atoms with Crippen LogP contribution in [0.4, 0.5) is 0 Å². The van der Waals surface area contributed by atoms with Crippen LogP contribution in [0.3, 0.4) is 0 Å². The number of carbonyl (C=O) groups is 1. The smallest absolute Gasteiger partial charge is 0.341 e. The van der Waals surface area contributed by atoms with E-state index in [1.54, 1.807) is 31.5 Å². The van der Waals surface area contributed by atoms with Crippen molar-refractivity contribution in [3.8, 4) is 17.0 Å². The Hall–Kier alpha value is -3.15. The molecular formula is C16H12N2O4. The molecule has 2 N–H and O–H groups in total. The van der Waals surface area contributed by atoms with Gasteiger partial charge >= 0.3 is 5.97 Å². The highest BCUT2D eigenvalue weighted by atomic mass is 16.5. The Morgan fingerprint density at radius 1 is 1.27 bits per heavy atom. The van der Waals surface area contributed by atoms with Gasteiger partial charge in [0.05, 0.1) is 18.3 Å². The van der Waals surface area contributed by atoms with Gasteiger partial charge < -0.3 is 14.8 Å². The van der Waals surface area contributed by atoms with E-state index in [0.717, 1.165) is 5.56 Å². The van der Waals surface area contributed by atoms with E-state index in [9.17, 15) is 9.59 Å². The number of rotatable bonds is 3. The third-order valence-corrected chi connectivity index (χ3v) is 3.35. The molecule has 0 unspecified atom stereocenters. The van der Waals surface area contributed by atoms with Crippen molar-refractivity contribution in [1.29, 1.82) is 0 Å². The zero-order valence-corrected chi connectivity index (χ0v) is 11.7. The molecule has 2 aromatic heterocycles. The number of carboxylic acid groups (broad SMARTS) is 1. The molecule has 0 aliphatic heterocycles.